The molecule has 1 aromatic heterocycles. The molecule has 1 aromatic carbocycles. The van der Waals surface area contributed by atoms with E-state index in [9.17, 15) is 9.18 Å². The van der Waals surface area contributed by atoms with Gasteiger partial charge in [0.2, 0.25) is 11.7 Å². The number of aromatic amines is 1. The number of nitrogens with zero attached hydrogens (tertiary/aromatic N) is 4. The number of carbonyl (C=O) groups excluding carboxylic acids is 1. The van der Waals surface area contributed by atoms with Crippen LogP contribution in [0.25, 0.3) is 5.57 Å². The van der Waals surface area contributed by atoms with Crippen molar-refractivity contribution in [2.75, 3.05) is 10.6 Å². The molecule has 0 unspecified atom stereocenters. The molecule has 21 heavy (non-hydrogen) atoms. The number of amides is 1. The molecule has 0 saturated carbocycles. The van der Waals surface area contributed by atoms with Gasteiger partial charge >= 0.3 is 0 Å². The molecule has 0 radical (unpaired) electrons. The first kappa shape index (κ1) is 12.7. The molecule has 1 aliphatic rings. The zero-order chi connectivity index (χ0) is 14.8. The van der Waals surface area contributed by atoms with Gasteiger partial charge < -0.3 is 10.6 Å². The zero-order valence-electron chi connectivity index (χ0n) is 10.5. The first-order valence-corrected chi connectivity index (χ1v) is 5.90. The zero-order valence-corrected chi connectivity index (χ0v) is 10.5. The quantitative estimate of drug-likeness (QED) is 0.718. The van der Waals surface area contributed by atoms with E-state index >= 15 is 0 Å². The SMILES string of the molecule is N#CC(=CNc1cc2c(cc1F)CC(=O)N2)c1nn[nH]n1. The van der Waals surface area contributed by atoms with Crippen molar-refractivity contribution >= 4 is 22.9 Å². The van der Waals surface area contributed by atoms with Crippen LogP contribution in [0.1, 0.15) is 11.4 Å². The number of fused-ring (bicyclic) bond motifs is 1. The second-order valence-electron chi connectivity index (χ2n) is 4.26. The Morgan fingerprint density at radius 2 is 2.38 bits per heavy atom. The highest BCUT2D eigenvalue weighted by atomic mass is 19.1. The van der Waals surface area contributed by atoms with E-state index in [1.807, 2.05) is 6.07 Å². The maximum absolute atomic E-state index is 13.9. The van der Waals surface area contributed by atoms with Gasteiger partial charge in [0.05, 0.1) is 12.1 Å². The molecular weight excluding hydrogens is 277 g/mol. The van der Waals surface area contributed by atoms with Crippen LogP contribution in [-0.2, 0) is 11.2 Å². The number of tetrazole rings is 1. The third-order valence-electron chi connectivity index (χ3n) is 2.90. The lowest BCUT2D eigenvalue weighted by molar-refractivity contribution is -0.115. The van der Waals surface area contributed by atoms with Crippen LogP contribution in [0, 0.1) is 17.1 Å². The van der Waals surface area contributed by atoms with Crippen molar-refractivity contribution in [2.45, 2.75) is 6.42 Å². The van der Waals surface area contributed by atoms with Crippen molar-refractivity contribution in [3.05, 3.63) is 35.5 Å². The molecule has 3 rings (SSSR count). The minimum Gasteiger partial charge on any atom is -0.358 e. The monoisotopic (exact) mass is 285 g/mol. The van der Waals surface area contributed by atoms with Gasteiger partial charge in [-0.15, -0.1) is 10.2 Å². The number of hydrogen-bond donors (Lipinski definition) is 3. The Bertz CT molecular complexity index is 776. The maximum Gasteiger partial charge on any atom is 0.228 e. The number of nitriles is 1. The smallest absolute Gasteiger partial charge is 0.228 e. The highest BCUT2D eigenvalue weighted by molar-refractivity contribution is 5.99. The first-order chi connectivity index (χ1) is 10.2. The van der Waals surface area contributed by atoms with E-state index in [2.05, 4.69) is 31.3 Å². The van der Waals surface area contributed by atoms with E-state index in [-0.39, 0.29) is 29.4 Å². The molecule has 1 amide bonds. The summed E-state index contributed by atoms with van der Waals surface area (Å²) in [7, 11) is 0. The molecule has 1 aliphatic heterocycles. The van der Waals surface area contributed by atoms with Gasteiger partial charge in [0.1, 0.15) is 17.5 Å². The summed E-state index contributed by atoms with van der Waals surface area (Å²) in [4.78, 5) is 11.3. The number of benzene rings is 1. The van der Waals surface area contributed by atoms with E-state index < -0.39 is 5.82 Å². The topological polar surface area (TPSA) is 119 Å². The number of aromatic nitrogens is 4. The fraction of sp³-hybridized carbons (Fsp3) is 0.0833. The number of nitrogens with one attached hydrogen (secondary N) is 3. The summed E-state index contributed by atoms with van der Waals surface area (Å²) in [6.07, 6.45) is 1.43. The highest BCUT2D eigenvalue weighted by Crippen LogP contribution is 2.29. The third-order valence-corrected chi connectivity index (χ3v) is 2.90. The lowest BCUT2D eigenvalue weighted by Crippen LogP contribution is -2.03. The van der Waals surface area contributed by atoms with Gasteiger partial charge in [-0.2, -0.15) is 10.5 Å². The van der Waals surface area contributed by atoms with Gasteiger partial charge in [-0.05, 0) is 22.9 Å². The van der Waals surface area contributed by atoms with Gasteiger partial charge in [0.15, 0.2) is 0 Å². The number of hydrogen-bond acceptors (Lipinski definition) is 6. The van der Waals surface area contributed by atoms with Gasteiger partial charge in [-0.25, -0.2) is 4.39 Å². The molecule has 0 saturated heterocycles. The van der Waals surface area contributed by atoms with Gasteiger partial charge in [-0.3, -0.25) is 4.79 Å². The summed E-state index contributed by atoms with van der Waals surface area (Å²) in [5.74, 6) is -0.603. The Morgan fingerprint density at radius 3 is 3.10 bits per heavy atom. The molecule has 2 heterocycles. The Hall–Kier alpha value is -3.28. The van der Waals surface area contributed by atoms with Crippen LogP contribution in [0.4, 0.5) is 15.8 Å². The van der Waals surface area contributed by atoms with Crippen LogP contribution in [0.2, 0.25) is 0 Å². The van der Waals surface area contributed by atoms with Crippen LogP contribution in [-0.4, -0.2) is 26.5 Å². The third kappa shape index (κ3) is 2.42. The fourth-order valence-electron chi connectivity index (χ4n) is 1.93. The Balaban J connectivity index is 1.88. The van der Waals surface area contributed by atoms with Crippen molar-refractivity contribution in [1.29, 1.82) is 5.26 Å². The lowest BCUT2D eigenvalue weighted by atomic mass is 10.1. The molecule has 8 nitrogen and oxygen atoms in total. The summed E-state index contributed by atoms with van der Waals surface area (Å²) in [6, 6.07) is 4.63. The van der Waals surface area contributed by atoms with Crippen LogP contribution in [0.15, 0.2) is 18.3 Å². The minimum atomic E-state index is -0.521. The van der Waals surface area contributed by atoms with Crippen molar-refractivity contribution in [3.63, 3.8) is 0 Å². The Kier molecular flexibility index (Phi) is 3.04. The molecule has 2 aromatic rings. The second kappa shape index (κ2) is 5.01. The van der Waals surface area contributed by atoms with Crippen molar-refractivity contribution in [1.82, 2.24) is 20.6 Å². The van der Waals surface area contributed by atoms with Crippen LogP contribution in [0.3, 0.4) is 0 Å². The van der Waals surface area contributed by atoms with Gasteiger partial charge in [0.25, 0.3) is 0 Å². The average molecular weight is 285 g/mol. The number of rotatable bonds is 3. The normalized spacial score (nSPS) is 13.5. The molecule has 0 bridgehead atoms. The average Bonchev–Trinajstić information content (AvgIpc) is 3.08. The molecule has 0 spiro atoms. The molecule has 0 fully saturated rings. The largest absolute Gasteiger partial charge is 0.358 e. The highest BCUT2D eigenvalue weighted by Gasteiger charge is 2.20. The molecular formula is C12H8FN7O. The number of carbonyl (C=O) groups is 1. The standard InChI is InChI=1S/C12H8FN7O/c13-8-1-6-2-11(21)16-9(6)3-10(8)15-5-7(4-14)12-17-19-20-18-12/h1,3,5,15H,2H2,(H,16,21)(H,17,18,19,20). The van der Waals surface area contributed by atoms with Crippen molar-refractivity contribution in [3.8, 4) is 6.07 Å². The maximum atomic E-state index is 13.9. The predicted molar refractivity (Wildman–Crippen MR) is 70.1 cm³/mol. The summed E-state index contributed by atoms with van der Waals surface area (Å²) in [6.45, 7) is 0. The molecule has 3 N–H and O–H groups in total. The Morgan fingerprint density at radius 1 is 1.52 bits per heavy atom. The molecule has 0 atom stereocenters. The Labute approximate surface area is 117 Å². The van der Waals surface area contributed by atoms with Crippen molar-refractivity contribution in [2.24, 2.45) is 0 Å². The first-order valence-electron chi connectivity index (χ1n) is 5.90. The van der Waals surface area contributed by atoms with E-state index in [0.29, 0.717) is 11.3 Å². The molecule has 104 valence electrons. The van der Waals surface area contributed by atoms with Crippen LogP contribution < -0.4 is 10.6 Å². The minimum absolute atomic E-state index is 0.0904. The fourth-order valence-corrected chi connectivity index (χ4v) is 1.93. The summed E-state index contributed by atoms with van der Waals surface area (Å²) < 4.78 is 13.9. The number of allylic oxidation sites excluding steroid dienone is 1. The second-order valence-corrected chi connectivity index (χ2v) is 4.26. The van der Waals surface area contributed by atoms with Crippen molar-refractivity contribution < 1.29 is 9.18 Å². The number of halogens is 1. The van der Waals surface area contributed by atoms with Crippen LogP contribution >= 0.6 is 0 Å². The van der Waals surface area contributed by atoms with Gasteiger partial charge in [-0.1, -0.05) is 0 Å². The molecule has 9 heteroatoms. The van der Waals surface area contributed by atoms with E-state index in [1.54, 1.807) is 0 Å². The van der Waals surface area contributed by atoms with Gasteiger partial charge in [0, 0.05) is 11.9 Å². The summed E-state index contributed by atoms with van der Waals surface area (Å²) >= 11 is 0. The lowest BCUT2D eigenvalue weighted by Gasteiger charge is -2.06. The summed E-state index contributed by atoms with van der Waals surface area (Å²) in [5, 5.41) is 27.2. The summed E-state index contributed by atoms with van der Waals surface area (Å²) in [5.41, 5.74) is 1.38. The van der Waals surface area contributed by atoms with Crippen LogP contribution in [0.5, 0.6) is 0 Å². The van der Waals surface area contributed by atoms with E-state index in [1.165, 1.54) is 18.3 Å². The number of anilines is 2. The molecule has 0 aliphatic carbocycles. The van der Waals surface area contributed by atoms with E-state index in [0.717, 1.165) is 0 Å². The number of H-pyrrole nitrogens is 1. The van der Waals surface area contributed by atoms with E-state index in [4.69, 9.17) is 5.26 Å². The predicted octanol–water partition coefficient (Wildman–Crippen LogP) is 0.810.